The van der Waals surface area contributed by atoms with Crippen LogP contribution >= 0.6 is 11.8 Å². The van der Waals surface area contributed by atoms with Gasteiger partial charge in [0.05, 0.1) is 19.0 Å². The van der Waals surface area contributed by atoms with Crippen molar-refractivity contribution in [1.82, 2.24) is 24.4 Å². The summed E-state index contributed by atoms with van der Waals surface area (Å²) >= 11 is 5.40. The summed E-state index contributed by atoms with van der Waals surface area (Å²) in [5.41, 5.74) is 8.28. The van der Waals surface area contributed by atoms with Gasteiger partial charge >= 0.3 is 11.9 Å². The van der Waals surface area contributed by atoms with Crippen LogP contribution in [0.4, 0.5) is 5.69 Å². The summed E-state index contributed by atoms with van der Waals surface area (Å²) in [6.45, 7) is 2.46. The van der Waals surface area contributed by atoms with Crippen molar-refractivity contribution < 1.29 is 23.8 Å². The Morgan fingerprint density at radius 3 is 2.77 bits per heavy atom. The number of hydrogen-bond acceptors (Lipinski definition) is 9. The number of esters is 1. The fourth-order valence-corrected chi connectivity index (χ4v) is 2.77. The summed E-state index contributed by atoms with van der Waals surface area (Å²) < 4.78 is 11.0. The van der Waals surface area contributed by atoms with E-state index in [0.29, 0.717) is 12.4 Å². The molecule has 0 spiro atoms. The Hall–Kier alpha value is -3.70. The van der Waals surface area contributed by atoms with Crippen LogP contribution in [0.25, 0.3) is 16.7 Å². The second-order valence-corrected chi connectivity index (χ2v) is 6.27. The first-order valence-electron chi connectivity index (χ1n) is 8.49. The first-order valence-corrected chi connectivity index (χ1v) is 8.87. The van der Waals surface area contributed by atoms with Gasteiger partial charge in [-0.05, 0) is 29.5 Å². The van der Waals surface area contributed by atoms with Crippen molar-refractivity contribution >= 4 is 46.1 Å². The molecule has 0 radical (unpaired) electrons. The average molecular weight is 433 g/mol. The highest BCUT2D eigenvalue weighted by Crippen LogP contribution is 2.17. The summed E-state index contributed by atoms with van der Waals surface area (Å²) in [6.07, 6.45) is 1.28. The Kier molecular flexibility index (Phi) is 6.14. The summed E-state index contributed by atoms with van der Waals surface area (Å²) in [7, 11) is 1.18. The standard InChI is InChI=1S/C9H9ClN2O.C9H8N4O4/c1-6-12-8-4-7(5-11-10)2-3-9(8)13-6;1-17-9(16)6-2-5(8(14)15)12-7-4(10)3-11-13(6)7/h2-4,11H,5H2,1H3;2-3H,10H2,1H3,(H,14,15). The van der Waals surface area contributed by atoms with Gasteiger partial charge < -0.3 is 20.0 Å². The molecule has 12 heteroatoms. The number of aromatic carboxylic acids is 1. The van der Waals surface area contributed by atoms with Crippen molar-refractivity contribution in [2.75, 3.05) is 12.8 Å². The van der Waals surface area contributed by atoms with E-state index in [0.717, 1.165) is 27.2 Å². The number of nitrogen functional groups attached to an aromatic ring is 1. The van der Waals surface area contributed by atoms with Gasteiger partial charge in [0, 0.05) is 19.5 Å². The van der Waals surface area contributed by atoms with Crippen LogP contribution in [0.5, 0.6) is 0 Å². The second-order valence-electron chi connectivity index (χ2n) is 6.00. The monoisotopic (exact) mass is 432 g/mol. The Labute approximate surface area is 174 Å². The number of nitrogens with zero attached hydrogens (tertiary/aromatic N) is 4. The maximum absolute atomic E-state index is 11.5. The number of carboxylic acids is 1. The van der Waals surface area contributed by atoms with E-state index in [2.05, 4.69) is 24.6 Å². The Morgan fingerprint density at radius 1 is 1.33 bits per heavy atom. The first kappa shape index (κ1) is 21.0. The highest BCUT2D eigenvalue weighted by Gasteiger charge is 2.18. The van der Waals surface area contributed by atoms with Crippen molar-refractivity contribution in [3.05, 3.63) is 53.3 Å². The van der Waals surface area contributed by atoms with Crippen LogP contribution in [0.1, 0.15) is 32.4 Å². The minimum absolute atomic E-state index is 0.0494. The average Bonchev–Trinajstić information content (AvgIpc) is 3.28. The zero-order chi connectivity index (χ0) is 21.8. The predicted octanol–water partition coefficient (Wildman–Crippen LogP) is 2.18. The number of oxazole rings is 1. The van der Waals surface area contributed by atoms with Gasteiger partial charge in [0.2, 0.25) is 0 Å². The molecule has 0 saturated heterocycles. The molecule has 156 valence electrons. The van der Waals surface area contributed by atoms with Gasteiger partial charge in [-0.2, -0.15) is 5.10 Å². The molecule has 0 atom stereocenters. The number of anilines is 1. The van der Waals surface area contributed by atoms with E-state index in [-0.39, 0.29) is 22.7 Å². The summed E-state index contributed by atoms with van der Waals surface area (Å²) in [5, 5.41) is 12.7. The number of nitrogens with one attached hydrogen (secondary N) is 1. The molecule has 4 N–H and O–H groups in total. The van der Waals surface area contributed by atoms with Crippen LogP contribution in [0.15, 0.2) is 34.9 Å². The largest absolute Gasteiger partial charge is 0.477 e. The van der Waals surface area contributed by atoms with Crippen LogP contribution in [0.2, 0.25) is 0 Å². The van der Waals surface area contributed by atoms with Crippen LogP contribution in [-0.4, -0.2) is 43.7 Å². The van der Waals surface area contributed by atoms with E-state index in [4.69, 9.17) is 27.0 Å². The van der Waals surface area contributed by atoms with Crippen molar-refractivity contribution in [2.45, 2.75) is 13.5 Å². The fraction of sp³-hybridized carbons (Fsp3) is 0.167. The van der Waals surface area contributed by atoms with E-state index in [1.54, 1.807) is 0 Å². The molecule has 30 heavy (non-hydrogen) atoms. The highest BCUT2D eigenvalue weighted by atomic mass is 35.5. The molecule has 4 rings (SSSR count). The van der Waals surface area contributed by atoms with Gasteiger partial charge in [-0.25, -0.2) is 28.9 Å². The Bertz CT molecular complexity index is 1230. The Balaban J connectivity index is 0.000000177. The maximum Gasteiger partial charge on any atom is 0.356 e. The molecule has 3 heterocycles. The lowest BCUT2D eigenvalue weighted by Crippen LogP contribution is -2.13. The van der Waals surface area contributed by atoms with Crippen molar-refractivity contribution in [3.63, 3.8) is 0 Å². The van der Waals surface area contributed by atoms with Gasteiger partial charge in [-0.1, -0.05) is 6.07 Å². The van der Waals surface area contributed by atoms with Crippen LogP contribution in [0, 0.1) is 6.92 Å². The van der Waals surface area contributed by atoms with Gasteiger partial charge in [0.1, 0.15) is 5.52 Å². The quantitative estimate of drug-likeness (QED) is 0.322. The zero-order valence-electron chi connectivity index (χ0n) is 15.9. The predicted molar refractivity (Wildman–Crippen MR) is 107 cm³/mol. The lowest BCUT2D eigenvalue weighted by molar-refractivity contribution is 0.0590. The number of carbonyl (C=O) groups excluding carboxylic acids is 1. The van der Waals surface area contributed by atoms with E-state index >= 15 is 0 Å². The topological polar surface area (TPSA) is 158 Å². The molecule has 0 bridgehead atoms. The number of rotatable bonds is 4. The van der Waals surface area contributed by atoms with Crippen LogP contribution in [0.3, 0.4) is 0 Å². The number of hydrogen-bond donors (Lipinski definition) is 3. The lowest BCUT2D eigenvalue weighted by Gasteiger charge is -2.04. The fourth-order valence-electron chi connectivity index (χ4n) is 2.61. The summed E-state index contributed by atoms with van der Waals surface area (Å²) in [4.78, 5) is 32.9. The number of carboxylic acid groups (broad SMARTS) is 1. The molecule has 0 fully saturated rings. The molecule has 0 unspecified atom stereocenters. The minimum atomic E-state index is -1.27. The number of aromatic nitrogens is 4. The third kappa shape index (κ3) is 4.31. The third-order valence-corrected chi connectivity index (χ3v) is 4.08. The van der Waals surface area contributed by atoms with Gasteiger partial charge in [-0.15, -0.1) is 0 Å². The zero-order valence-corrected chi connectivity index (χ0v) is 16.7. The molecule has 0 aliphatic carbocycles. The number of nitrogens with two attached hydrogens (primary N) is 1. The molecule has 0 amide bonds. The molecule has 1 aromatic carbocycles. The van der Waals surface area contributed by atoms with Gasteiger partial charge in [-0.3, -0.25) is 0 Å². The van der Waals surface area contributed by atoms with Crippen molar-refractivity contribution in [2.24, 2.45) is 0 Å². The second kappa shape index (κ2) is 8.76. The maximum atomic E-state index is 11.5. The van der Waals surface area contributed by atoms with Crippen LogP contribution < -0.4 is 10.6 Å². The number of fused-ring (bicyclic) bond motifs is 2. The first-order chi connectivity index (χ1) is 14.3. The van der Waals surface area contributed by atoms with E-state index < -0.39 is 11.9 Å². The summed E-state index contributed by atoms with van der Waals surface area (Å²) in [5.74, 6) is -1.30. The van der Waals surface area contributed by atoms with E-state index in [9.17, 15) is 9.59 Å². The smallest absolute Gasteiger partial charge is 0.356 e. The molecular formula is C18H17ClN6O5. The third-order valence-electron chi connectivity index (χ3n) is 3.94. The normalized spacial score (nSPS) is 10.6. The van der Waals surface area contributed by atoms with E-state index in [1.165, 1.54) is 13.3 Å². The van der Waals surface area contributed by atoms with Gasteiger partial charge in [0.25, 0.3) is 0 Å². The van der Waals surface area contributed by atoms with Crippen molar-refractivity contribution in [1.29, 1.82) is 0 Å². The molecular weight excluding hydrogens is 416 g/mol. The number of aryl methyl sites for hydroxylation is 1. The SMILES string of the molecule is COC(=O)c1cc(C(=O)O)nc2c(N)cnn12.Cc1nc2cc(CNCl)ccc2o1. The summed E-state index contributed by atoms with van der Waals surface area (Å²) in [6, 6.07) is 6.90. The van der Waals surface area contributed by atoms with Crippen LogP contribution in [-0.2, 0) is 11.3 Å². The number of methoxy groups -OCH3 is 1. The van der Waals surface area contributed by atoms with Gasteiger partial charge in [0.15, 0.2) is 28.5 Å². The molecule has 3 aromatic heterocycles. The molecule has 4 aromatic rings. The van der Waals surface area contributed by atoms with E-state index in [1.807, 2.05) is 25.1 Å². The molecule has 0 saturated carbocycles. The number of halogens is 1. The van der Waals surface area contributed by atoms with Crippen molar-refractivity contribution in [3.8, 4) is 0 Å². The molecule has 0 aliphatic heterocycles. The highest BCUT2D eigenvalue weighted by molar-refractivity contribution is 6.13. The number of ether oxygens (including phenoxy) is 1. The molecule has 11 nitrogen and oxygen atoms in total. The number of carbonyl (C=O) groups is 2. The Morgan fingerprint density at radius 2 is 2.10 bits per heavy atom. The molecule has 0 aliphatic rings. The lowest BCUT2D eigenvalue weighted by atomic mass is 10.2. The minimum Gasteiger partial charge on any atom is -0.477 e. The number of benzene rings is 1.